The molecule has 0 aliphatic carbocycles. The summed E-state index contributed by atoms with van der Waals surface area (Å²) in [5.74, 6) is 0.00568. The van der Waals surface area contributed by atoms with Crippen molar-refractivity contribution in [1.29, 1.82) is 5.26 Å². The van der Waals surface area contributed by atoms with Crippen LogP contribution in [0.2, 0.25) is 0 Å². The monoisotopic (exact) mass is 337 g/mol. The number of nitrogens with one attached hydrogen (secondary N) is 2. The second-order valence-electron chi connectivity index (χ2n) is 5.68. The third-order valence-electron chi connectivity index (χ3n) is 3.24. The number of ether oxygens (including phenoxy) is 1. The average molecular weight is 337 g/mol. The number of imide groups is 1. The number of rotatable bonds is 5. The number of carbonyl (C=O) groups excluding carboxylic acids is 2. The molecule has 128 valence electrons. The number of hydrogen-bond acceptors (Lipinski definition) is 4. The van der Waals surface area contributed by atoms with Crippen LogP contribution in [0.1, 0.15) is 19.4 Å². The molecule has 0 fully saturated rings. The van der Waals surface area contributed by atoms with Crippen LogP contribution < -0.4 is 15.4 Å². The highest BCUT2D eigenvalue weighted by atomic mass is 16.5. The second-order valence-corrected chi connectivity index (χ2v) is 5.68. The van der Waals surface area contributed by atoms with Crippen molar-refractivity contribution in [2.45, 2.75) is 19.9 Å². The summed E-state index contributed by atoms with van der Waals surface area (Å²) in [7, 11) is 0. The van der Waals surface area contributed by atoms with Crippen molar-refractivity contribution in [2.24, 2.45) is 0 Å². The molecule has 0 heterocycles. The van der Waals surface area contributed by atoms with Gasteiger partial charge in [0, 0.05) is 6.04 Å². The first-order valence-corrected chi connectivity index (χ1v) is 7.81. The predicted octanol–water partition coefficient (Wildman–Crippen LogP) is 2.84. The summed E-state index contributed by atoms with van der Waals surface area (Å²) in [6.45, 7) is 3.35. The second kappa shape index (κ2) is 8.50. The quantitative estimate of drug-likeness (QED) is 0.877. The lowest BCUT2D eigenvalue weighted by Crippen LogP contribution is -2.44. The molecule has 2 aromatic rings. The van der Waals surface area contributed by atoms with Gasteiger partial charge in [0.15, 0.2) is 6.61 Å². The fraction of sp³-hybridized carbons (Fsp3) is 0.211. The highest BCUT2D eigenvalue weighted by Crippen LogP contribution is 2.22. The number of urea groups is 1. The van der Waals surface area contributed by atoms with Gasteiger partial charge in [-0.15, -0.1) is 0 Å². The van der Waals surface area contributed by atoms with E-state index in [2.05, 4.69) is 16.7 Å². The number of carbonyl (C=O) groups is 2. The number of hydrogen-bond donors (Lipinski definition) is 2. The molecule has 0 aliphatic heterocycles. The lowest BCUT2D eigenvalue weighted by Gasteiger charge is -2.10. The van der Waals surface area contributed by atoms with Crippen LogP contribution in [-0.2, 0) is 4.79 Å². The molecule has 6 heteroatoms. The van der Waals surface area contributed by atoms with Crippen LogP contribution in [0.3, 0.4) is 0 Å². The summed E-state index contributed by atoms with van der Waals surface area (Å²) in [6.07, 6.45) is 0. The predicted molar refractivity (Wildman–Crippen MR) is 93.9 cm³/mol. The maximum atomic E-state index is 11.6. The van der Waals surface area contributed by atoms with Crippen LogP contribution in [0.15, 0.2) is 48.5 Å². The van der Waals surface area contributed by atoms with Crippen molar-refractivity contribution in [3.8, 4) is 22.9 Å². The van der Waals surface area contributed by atoms with Crippen LogP contribution in [0.5, 0.6) is 5.75 Å². The van der Waals surface area contributed by atoms with E-state index < -0.39 is 11.9 Å². The van der Waals surface area contributed by atoms with Gasteiger partial charge in [0.2, 0.25) is 0 Å². The van der Waals surface area contributed by atoms with E-state index in [0.717, 1.165) is 11.1 Å². The highest BCUT2D eigenvalue weighted by molar-refractivity contribution is 5.95. The SMILES string of the molecule is CC(C)NC(=O)NC(=O)COc1ccc(-c2ccc(C#N)cc2)cc1. The molecule has 2 rings (SSSR count). The van der Waals surface area contributed by atoms with Gasteiger partial charge in [-0.25, -0.2) is 4.79 Å². The Balaban J connectivity index is 1.88. The molecule has 0 atom stereocenters. The van der Waals surface area contributed by atoms with Crippen LogP contribution >= 0.6 is 0 Å². The first kappa shape index (κ1) is 18.0. The van der Waals surface area contributed by atoms with Gasteiger partial charge in [0.25, 0.3) is 5.91 Å². The topological polar surface area (TPSA) is 91.2 Å². The Hall–Kier alpha value is -3.33. The summed E-state index contributed by atoms with van der Waals surface area (Å²) in [5, 5.41) is 13.6. The number of nitriles is 1. The molecule has 0 aliphatic rings. The smallest absolute Gasteiger partial charge is 0.321 e. The van der Waals surface area contributed by atoms with Crippen LogP contribution in [0.4, 0.5) is 4.79 Å². The van der Waals surface area contributed by atoms with Gasteiger partial charge in [-0.05, 0) is 49.2 Å². The van der Waals surface area contributed by atoms with Gasteiger partial charge >= 0.3 is 6.03 Å². The lowest BCUT2D eigenvalue weighted by atomic mass is 10.0. The number of benzene rings is 2. The molecule has 3 amide bonds. The van der Waals surface area contributed by atoms with E-state index in [1.165, 1.54) is 0 Å². The average Bonchev–Trinajstić information content (AvgIpc) is 2.60. The molecule has 0 radical (unpaired) electrons. The standard InChI is InChI=1S/C19H19N3O3/c1-13(2)21-19(24)22-18(23)12-25-17-9-7-16(8-10-17)15-5-3-14(11-20)4-6-15/h3-10,13H,12H2,1-2H3,(H2,21,22,23,24). The molecule has 0 saturated heterocycles. The molecule has 0 unspecified atom stereocenters. The Morgan fingerprint density at radius 1 is 1.04 bits per heavy atom. The molecule has 0 bridgehead atoms. The van der Waals surface area contributed by atoms with Gasteiger partial charge in [-0.2, -0.15) is 5.26 Å². The first-order valence-electron chi connectivity index (χ1n) is 7.81. The van der Waals surface area contributed by atoms with E-state index in [1.54, 1.807) is 38.1 Å². The van der Waals surface area contributed by atoms with Gasteiger partial charge in [-0.3, -0.25) is 10.1 Å². The summed E-state index contributed by atoms with van der Waals surface area (Å²) in [6, 6.07) is 16.0. The van der Waals surface area contributed by atoms with E-state index in [1.807, 2.05) is 24.3 Å². The van der Waals surface area contributed by atoms with Crippen LogP contribution in [-0.4, -0.2) is 24.6 Å². The van der Waals surface area contributed by atoms with Crippen molar-refractivity contribution in [3.63, 3.8) is 0 Å². The maximum absolute atomic E-state index is 11.6. The summed E-state index contributed by atoms with van der Waals surface area (Å²) in [4.78, 5) is 23.0. The van der Waals surface area contributed by atoms with Crippen molar-refractivity contribution >= 4 is 11.9 Å². The number of nitrogens with zero attached hydrogens (tertiary/aromatic N) is 1. The van der Waals surface area contributed by atoms with Gasteiger partial charge in [-0.1, -0.05) is 24.3 Å². The Bertz CT molecular complexity index is 775. The zero-order valence-corrected chi connectivity index (χ0v) is 14.1. The lowest BCUT2D eigenvalue weighted by molar-refractivity contribution is -0.122. The van der Waals surface area contributed by atoms with Crippen molar-refractivity contribution < 1.29 is 14.3 Å². The minimum atomic E-state index is -0.542. The van der Waals surface area contributed by atoms with E-state index in [9.17, 15) is 9.59 Å². The van der Waals surface area contributed by atoms with Gasteiger partial charge in [0.1, 0.15) is 5.75 Å². The van der Waals surface area contributed by atoms with Crippen molar-refractivity contribution in [3.05, 3.63) is 54.1 Å². The third-order valence-corrected chi connectivity index (χ3v) is 3.24. The Morgan fingerprint density at radius 3 is 2.12 bits per heavy atom. The largest absolute Gasteiger partial charge is 0.484 e. The molecule has 0 spiro atoms. The van der Waals surface area contributed by atoms with Crippen molar-refractivity contribution in [2.75, 3.05) is 6.61 Å². The molecule has 25 heavy (non-hydrogen) atoms. The van der Waals surface area contributed by atoms with E-state index >= 15 is 0 Å². The zero-order chi connectivity index (χ0) is 18.2. The molecule has 6 nitrogen and oxygen atoms in total. The summed E-state index contributed by atoms with van der Waals surface area (Å²) in [5.41, 5.74) is 2.56. The van der Waals surface area contributed by atoms with Crippen molar-refractivity contribution in [1.82, 2.24) is 10.6 Å². The molecule has 0 saturated carbocycles. The fourth-order valence-electron chi connectivity index (χ4n) is 2.09. The third kappa shape index (κ3) is 5.66. The van der Waals surface area contributed by atoms with E-state index in [4.69, 9.17) is 10.00 Å². The molecule has 0 aromatic heterocycles. The van der Waals surface area contributed by atoms with Gasteiger partial charge < -0.3 is 10.1 Å². The zero-order valence-electron chi connectivity index (χ0n) is 14.1. The minimum Gasteiger partial charge on any atom is -0.484 e. The van der Waals surface area contributed by atoms with E-state index in [-0.39, 0.29) is 12.6 Å². The van der Waals surface area contributed by atoms with Crippen LogP contribution in [0, 0.1) is 11.3 Å². The van der Waals surface area contributed by atoms with E-state index in [0.29, 0.717) is 11.3 Å². The van der Waals surface area contributed by atoms with Gasteiger partial charge in [0.05, 0.1) is 11.6 Å². The Kier molecular flexibility index (Phi) is 6.13. The molecular formula is C19H19N3O3. The highest BCUT2D eigenvalue weighted by Gasteiger charge is 2.09. The summed E-state index contributed by atoms with van der Waals surface area (Å²) >= 11 is 0. The molecule has 2 N–H and O–H groups in total. The maximum Gasteiger partial charge on any atom is 0.321 e. The van der Waals surface area contributed by atoms with Crippen LogP contribution in [0.25, 0.3) is 11.1 Å². The Morgan fingerprint density at radius 2 is 1.60 bits per heavy atom. The molecular weight excluding hydrogens is 318 g/mol. The summed E-state index contributed by atoms with van der Waals surface area (Å²) < 4.78 is 5.37. The molecule has 2 aromatic carbocycles. The minimum absolute atomic E-state index is 0.0523. The fourth-order valence-corrected chi connectivity index (χ4v) is 2.09. The Labute approximate surface area is 146 Å². The number of amides is 3. The normalized spacial score (nSPS) is 10.0. The first-order chi connectivity index (χ1) is 12.0.